The fraction of sp³-hybridized carbons (Fsp3) is 0.214. The average molecular weight is 354 g/mol. The molecule has 3 aromatic rings. The summed E-state index contributed by atoms with van der Waals surface area (Å²) in [5.41, 5.74) is 1.96. The molecule has 2 heterocycles. The van der Waals surface area contributed by atoms with Gasteiger partial charge in [0.2, 0.25) is 0 Å². The normalized spacial score (nSPS) is 11.2. The van der Waals surface area contributed by atoms with Gasteiger partial charge < -0.3 is 0 Å². The minimum absolute atomic E-state index is 0.564. The molecule has 3 nitrogen and oxygen atoms in total. The molecular weight excluding hydrogens is 342 g/mol. The van der Waals surface area contributed by atoms with Crippen LogP contribution in [0.4, 0.5) is 0 Å². The Bertz CT molecular complexity index is 788. The van der Waals surface area contributed by atoms with Gasteiger partial charge in [-0.1, -0.05) is 40.8 Å². The highest BCUT2D eigenvalue weighted by molar-refractivity contribution is 8.00. The van der Waals surface area contributed by atoms with E-state index in [1.54, 1.807) is 34.9 Å². The molecule has 3 rings (SSSR count). The number of hydrogen-bond donors (Lipinski definition) is 0. The predicted octanol–water partition coefficient (Wildman–Crippen LogP) is 5.06. The Morgan fingerprint density at radius 3 is 2.81 bits per heavy atom. The largest absolute Gasteiger partial charge is 0.236 e. The number of aryl methyl sites for hydroxylation is 1. The fourth-order valence-electron chi connectivity index (χ4n) is 1.87. The molecule has 0 fully saturated rings. The van der Waals surface area contributed by atoms with Gasteiger partial charge in [0, 0.05) is 21.6 Å². The number of thioether (sulfide) groups is 2. The summed E-state index contributed by atoms with van der Waals surface area (Å²) < 4.78 is 0.960. The van der Waals surface area contributed by atoms with Crippen LogP contribution < -0.4 is 0 Å². The summed E-state index contributed by atoms with van der Waals surface area (Å²) >= 11 is 11.2. The van der Waals surface area contributed by atoms with Crippen LogP contribution in [0.25, 0.3) is 10.9 Å². The van der Waals surface area contributed by atoms with Crippen molar-refractivity contribution >= 4 is 57.4 Å². The van der Waals surface area contributed by atoms with Crippen molar-refractivity contribution in [2.45, 2.75) is 21.9 Å². The van der Waals surface area contributed by atoms with Crippen LogP contribution in [0.2, 0.25) is 5.15 Å². The van der Waals surface area contributed by atoms with Gasteiger partial charge in [0.15, 0.2) is 4.34 Å². The molecule has 0 saturated heterocycles. The number of hydrogen-bond acceptors (Lipinski definition) is 6. The third-order valence-corrected chi connectivity index (χ3v) is 5.98. The van der Waals surface area contributed by atoms with E-state index in [1.807, 2.05) is 6.92 Å². The Hall–Kier alpha value is -0.820. The maximum absolute atomic E-state index is 6.31. The van der Waals surface area contributed by atoms with E-state index in [9.17, 15) is 0 Å². The van der Waals surface area contributed by atoms with E-state index in [-0.39, 0.29) is 0 Å². The van der Waals surface area contributed by atoms with Crippen LogP contribution in [0, 0.1) is 6.92 Å². The van der Waals surface area contributed by atoms with Crippen LogP contribution in [-0.4, -0.2) is 21.4 Å². The van der Waals surface area contributed by atoms with Crippen LogP contribution in [-0.2, 0) is 5.75 Å². The molecule has 0 saturated carbocycles. The van der Waals surface area contributed by atoms with Crippen molar-refractivity contribution in [2.24, 2.45) is 0 Å². The number of aromatic nitrogens is 3. The molecule has 21 heavy (non-hydrogen) atoms. The number of benzene rings is 1. The van der Waals surface area contributed by atoms with Gasteiger partial charge in [-0.3, -0.25) is 0 Å². The third kappa shape index (κ3) is 3.51. The van der Waals surface area contributed by atoms with Crippen LogP contribution in [0.5, 0.6) is 0 Å². The molecule has 0 amide bonds. The van der Waals surface area contributed by atoms with Crippen LogP contribution in [0.1, 0.15) is 10.6 Å². The van der Waals surface area contributed by atoms with Gasteiger partial charge in [-0.15, -0.1) is 22.0 Å². The van der Waals surface area contributed by atoms with E-state index >= 15 is 0 Å². The van der Waals surface area contributed by atoms with Gasteiger partial charge in [-0.05, 0) is 31.4 Å². The fourth-order valence-corrected chi connectivity index (χ4v) is 4.38. The minimum Gasteiger partial charge on any atom is -0.236 e. The molecule has 0 atom stereocenters. The molecule has 7 heteroatoms. The van der Waals surface area contributed by atoms with Crippen molar-refractivity contribution < 1.29 is 0 Å². The quantitative estimate of drug-likeness (QED) is 0.484. The summed E-state index contributed by atoms with van der Waals surface area (Å²) in [6.07, 6.45) is 2.05. The highest BCUT2D eigenvalue weighted by atomic mass is 35.5. The second kappa shape index (κ2) is 6.52. The lowest BCUT2D eigenvalue weighted by Gasteiger charge is -2.06. The van der Waals surface area contributed by atoms with Crippen molar-refractivity contribution in [3.8, 4) is 0 Å². The van der Waals surface area contributed by atoms with Crippen molar-refractivity contribution in [1.82, 2.24) is 15.2 Å². The molecule has 0 bridgehead atoms. The van der Waals surface area contributed by atoms with E-state index in [2.05, 4.69) is 45.7 Å². The first kappa shape index (κ1) is 15.1. The topological polar surface area (TPSA) is 38.7 Å². The Labute approximate surface area is 140 Å². The summed E-state index contributed by atoms with van der Waals surface area (Å²) in [5, 5.41) is 10.8. The number of fused-ring (bicyclic) bond motifs is 1. The molecule has 0 radical (unpaired) electrons. The van der Waals surface area contributed by atoms with Gasteiger partial charge in [0.1, 0.15) is 10.2 Å². The number of halogens is 1. The molecule has 108 valence electrons. The zero-order valence-corrected chi connectivity index (χ0v) is 14.7. The first-order chi connectivity index (χ1) is 10.2. The maximum atomic E-state index is 6.31. The second-order valence-electron chi connectivity index (χ2n) is 4.37. The molecule has 0 unspecified atom stereocenters. The van der Waals surface area contributed by atoms with Crippen molar-refractivity contribution in [3.05, 3.63) is 40.0 Å². The predicted molar refractivity (Wildman–Crippen MR) is 92.7 cm³/mol. The van der Waals surface area contributed by atoms with Gasteiger partial charge in [-0.25, -0.2) is 4.98 Å². The highest BCUT2D eigenvalue weighted by Crippen LogP contribution is 2.30. The zero-order valence-electron chi connectivity index (χ0n) is 11.5. The number of nitrogens with zero attached hydrogens (tertiary/aromatic N) is 3. The maximum Gasteiger partial charge on any atom is 0.174 e. The Morgan fingerprint density at radius 1 is 1.24 bits per heavy atom. The van der Waals surface area contributed by atoms with Gasteiger partial charge in [0.25, 0.3) is 0 Å². The standard InChI is InChI=1S/C14H12ClN3S3/c1-8-17-18-14(21-8)20-7-10-5-9-3-4-11(19-2)6-12(9)16-13(10)15/h3-6H,7H2,1-2H3. The summed E-state index contributed by atoms with van der Waals surface area (Å²) in [6.45, 7) is 1.95. The Kier molecular flexibility index (Phi) is 4.69. The first-order valence-electron chi connectivity index (χ1n) is 6.22. The summed E-state index contributed by atoms with van der Waals surface area (Å²) in [4.78, 5) is 5.70. The van der Waals surface area contributed by atoms with E-state index in [0.29, 0.717) is 5.15 Å². The van der Waals surface area contributed by atoms with Crippen molar-refractivity contribution in [1.29, 1.82) is 0 Å². The van der Waals surface area contributed by atoms with Crippen LogP contribution in [0.15, 0.2) is 33.5 Å². The smallest absolute Gasteiger partial charge is 0.174 e. The zero-order chi connectivity index (χ0) is 14.8. The lowest BCUT2D eigenvalue weighted by atomic mass is 10.2. The van der Waals surface area contributed by atoms with E-state index < -0.39 is 0 Å². The molecule has 0 aliphatic heterocycles. The lowest BCUT2D eigenvalue weighted by Crippen LogP contribution is -1.89. The van der Waals surface area contributed by atoms with E-state index in [4.69, 9.17) is 11.6 Å². The summed E-state index contributed by atoms with van der Waals surface area (Å²) in [7, 11) is 0. The average Bonchev–Trinajstić information content (AvgIpc) is 2.90. The minimum atomic E-state index is 0.564. The van der Waals surface area contributed by atoms with Gasteiger partial charge in [0.05, 0.1) is 5.52 Å². The van der Waals surface area contributed by atoms with Crippen LogP contribution in [0.3, 0.4) is 0 Å². The van der Waals surface area contributed by atoms with Crippen molar-refractivity contribution in [3.63, 3.8) is 0 Å². The van der Waals surface area contributed by atoms with E-state index in [1.165, 1.54) is 4.90 Å². The molecule has 0 aliphatic rings. The number of pyridine rings is 1. The van der Waals surface area contributed by atoms with E-state index in [0.717, 1.165) is 31.6 Å². The van der Waals surface area contributed by atoms with Gasteiger partial charge in [-0.2, -0.15) is 0 Å². The monoisotopic (exact) mass is 353 g/mol. The van der Waals surface area contributed by atoms with Crippen LogP contribution >= 0.6 is 46.5 Å². The Morgan fingerprint density at radius 2 is 2.10 bits per heavy atom. The molecule has 2 aromatic heterocycles. The third-order valence-electron chi connectivity index (χ3n) is 2.91. The molecular formula is C14H12ClN3S3. The number of rotatable bonds is 4. The summed E-state index contributed by atoms with van der Waals surface area (Å²) in [5.74, 6) is 0.751. The van der Waals surface area contributed by atoms with Gasteiger partial charge >= 0.3 is 0 Å². The molecule has 0 aliphatic carbocycles. The summed E-state index contributed by atoms with van der Waals surface area (Å²) in [6, 6.07) is 8.37. The second-order valence-corrected chi connectivity index (χ2v) is 8.01. The lowest BCUT2D eigenvalue weighted by molar-refractivity contribution is 0.983. The molecule has 1 aromatic carbocycles. The highest BCUT2D eigenvalue weighted by Gasteiger charge is 2.08. The van der Waals surface area contributed by atoms with Crippen molar-refractivity contribution in [2.75, 3.05) is 6.26 Å². The Balaban J connectivity index is 1.86. The first-order valence-corrected chi connectivity index (χ1v) is 9.62. The molecule has 0 N–H and O–H groups in total. The SMILES string of the molecule is CSc1ccc2cc(CSc3nnc(C)s3)c(Cl)nc2c1. The molecule has 0 spiro atoms.